The standard InChI is InChI=1S/C13H23N5O2/c1-4-5-14-12(19)17-6-8-18(9-7-17)13-16-15-11(20-13)10(2)3/h10H,4-9H2,1-3H3,(H,14,19). The van der Waals surface area contributed by atoms with Gasteiger partial charge in [0.25, 0.3) is 0 Å². The lowest BCUT2D eigenvalue weighted by Crippen LogP contribution is -2.52. The number of rotatable bonds is 4. The van der Waals surface area contributed by atoms with Crippen molar-refractivity contribution in [2.24, 2.45) is 0 Å². The van der Waals surface area contributed by atoms with Crippen LogP contribution in [0.3, 0.4) is 0 Å². The van der Waals surface area contributed by atoms with E-state index in [-0.39, 0.29) is 11.9 Å². The third-order valence-electron chi connectivity index (χ3n) is 3.29. The molecule has 0 bridgehead atoms. The van der Waals surface area contributed by atoms with Crippen LogP contribution in [-0.4, -0.2) is 53.9 Å². The Labute approximate surface area is 119 Å². The van der Waals surface area contributed by atoms with Crippen LogP contribution in [0.5, 0.6) is 0 Å². The van der Waals surface area contributed by atoms with Crippen LogP contribution in [-0.2, 0) is 0 Å². The van der Waals surface area contributed by atoms with E-state index >= 15 is 0 Å². The minimum atomic E-state index is 0.0138. The van der Waals surface area contributed by atoms with Crippen molar-refractivity contribution in [3.8, 4) is 0 Å². The number of piperazine rings is 1. The van der Waals surface area contributed by atoms with Gasteiger partial charge in [0, 0.05) is 38.6 Å². The Morgan fingerprint density at radius 1 is 1.30 bits per heavy atom. The van der Waals surface area contributed by atoms with Gasteiger partial charge in [-0.2, -0.15) is 0 Å². The lowest BCUT2D eigenvalue weighted by atomic mass is 10.2. The number of anilines is 1. The molecule has 7 heteroatoms. The van der Waals surface area contributed by atoms with Gasteiger partial charge in [0.2, 0.25) is 5.89 Å². The number of carbonyl (C=O) groups excluding carboxylic acids is 1. The van der Waals surface area contributed by atoms with Crippen molar-refractivity contribution in [3.05, 3.63) is 5.89 Å². The molecule has 1 fully saturated rings. The molecule has 112 valence electrons. The van der Waals surface area contributed by atoms with Crippen LogP contribution in [0.25, 0.3) is 0 Å². The van der Waals surface area contributed by atoms with E-state index < -0.39 is 0 Å². The summed E-state index contributed by atoms with van der Waals surface area (Å²) in [5.74, 6) is 0.889. The third-order valence-corrected chi connectivity index (χ3v) is 3.29. The minimum Gasteiger partial charge on any atom is -0.408 e. The molecule has 0 saturated carbocycles. The molecule has 0 spiro atoms. The number of hydrogen-bond donors (Lipinski definition) is 1. The van der Waals surface area contributed by atoms with Crippen molar-refractivity contribution in [3.63, 3.8) is 0 Å². The number of aromatic nitrogens is 2. The molecule has 0 unspecified atom stereocenters. The maximum Gasteiger partial charge on any atom is 0.318 e. The summed E-state index contributed by atoms with van der Waals surface area (Å²) in [6.07, 6.45) is 0.950. The van der Waals surface area contributed by atoms with Crippen LogP contribution < -0.4 is 10.2 Å². The number of urea groups is 1. The smallest absolute Gasteiger partial charge is 0.318 e. The first-order chi connectivity index (χ1) is 9.61. The van der Waals surface area contributed by atoms with Crippen molar-refractivity contribution >= 4 is 12.0 Å². The fourth-order valence-electron chi connectivity index (χ4n) is 2.03. The van der Waals surface area contributed by atoms with Crippen molar-refractivity contribution < 1.29 is 9.21 Å². The Morgan fingerprint density at radius 2 is 2.00 bits per heavy atom. The number of nitrogens with zero attached hydrogens (tertiary/aromatic N) is 4. The van der Waals surface area contributed by atoms with E-state index in [1.807, 2.05) is 30.6 Å². The second-order valence-corrected chi connectivity index (χ2v) is 5.28. The van der Waals surface area contributed by atoms with Gasteiger partial charge in [-0.3, -0.25) is 0 Å². The molecular weight excluding hydrogens is 258 g/mol. The molecule has 2 amide bonds. The van der Waals surface area contributed by atoms with E-state index in [0.29, 0.717) is 25.0 Å². The molecule has 1 N–H and O–H groups in total. The van der Waals surface area contributed by atoms with Crippen LogP contribution in [0.1, 0.15) is 39.0 Å². The van der Waals surface area contributed by atoms with Crippen LogP contribution in [0.15, 0.2) is 4.42 Å². The van der Waals surface area contributed by atoms with Gasteiger partial charge >= 0.3 is 12.0 Å². The van der Waals surface area contributed by atoms with Gasteiger partial charge in [-0.1, -0.05) is 25.9 Å². The summed E-state index contributed by atoms with van der Waals surface area (Å²) in [5.41, 5.74) is 0. The Kier molecular flexibility index (Phi) is 4.81. The number of hydrogen-bond acceptors (Lipinski definition) is 5. The molecule has 1 aliphatic rings. The van der Waals surface area contributed by atoms with Crippen LogP contribution >= 0.6 is 0 Å². The Morgan fingerprint density at radius 3 is 2.55 bits per heavy atom. The molecule has 20 heavy (non-hydrogen) atoms. The van der Waals surface area contributed by atoms with Crippen molar-refractivity contribution in [1.82, 2.24) is 20.4 Å². The zero-order valence-corrected chi connectivity index (χ0v) is 12.4. The van der Waals surface area contributed by atoms with Gasteiger partial charge in [-0.05, 0) is 6.42 Å². The summed E-state index contributed by atoms with van der Waals surface area (Å²) in [5, 5.41) is 11.0. The van der Waals surface area contributed by atoms with Gasteiger partial charge < -0.3 is 19.5 Å². The molecule has 0 aromatic carbocycles. The lowest BCUT2D eigenvalue weighted by Gasteiger charge is -2.33. The first-order valence-corrected chi connectivity index (χ1v) is 7.23. The van der Waals surface area contributed by atoms with E-state index in [9.17, 15) is 4.79 Å². The fraction of sp³-hybridized carbons (Fsp3) is 0.769. The van der Waals surface area contributed by atoms with E-state index in [0.717, 1.165) is 26.1 Å². The zero-order chi connectivity index (χ0) is 14.5. The fourth-order valence-corrected chi connectivity index (χ4v) is 2.03. The minimum absolute atomic E-state index is 0.0138. The van der Waals surface area contributed by atoms with Gasteiger partial charge in [-0.25, -0.2) is 4.79 Å². The first kappa shape index (κ1) is 14.6. The normalized spacial score (nSPS) is 15.8. The number of carbonyl (C=O) groups is 1. The average Bonchev–Trinajstić information content (AvgIpc) is 2.95. The van der Waals surface area contributed by atoms with E-state index in [4.69, 9.17) is 4.42 Å². The van der Waals surface area contributed by atoms with Crippen molar-refractivity contribution in [2.45, 2.75) is 33.1 Å². The second-order valence-electron chi connectivity index (χ2n) is 5.28. The maximum absolute atomic E-state index is 11.8. The summed E-state index contributed by atoms with van der Waals surface area (Å²) < 4.78 is 5.63. The Balaban J connectivity index is 1.85. The van der Waals surface area contributed by atoms with Crippen molar-refractivity contribution in [2.75, 3.05) is 37.6 Å². The topological polar surface area (TPSA) is 74.5 Å². The van der Waals surface area contributed by atoms with Gasteiger partial charge in [-0.15, -0.1) is 5.10 Å². The Hall–Kier alpha value is -1.79. The molecule has 1 aromatic heterocycles. The average molecular weight is 281 g/mol. The van der Waals surface area contributed by atoms with E-state index in [2.05, 4.69) is 15.5 Å². The van der Waals surface area contributed by atoms with E-state index in [1.165, 1.54) is 0 Å². The highest BCUT2D eigenvalue weighted by Gasteiger charge is 2.24. The molecule has 7 nitrogen and oxygen atoms in total. The third kappa shape index (κ3) is 3.40. The molecule has 0 radical (unpaired) electrons. The molecule has 2 rings (SSSR count). The SMILES string of the molecule is CCCNC(=O)N1CCN(c2nnc(C(C)C)o2)CC1. The van der Waals surface area contributed by atoms with Crippen LogP contribution in [0.4, 0.5) is 10.8 Å². The van der Waals surface area contributed by atoms with Gasteiger partial charge in [0.1, 0.15) is 0 Å². The highest BCUT2D eigenvalue weighted by Crippen LogP contribution is 2.19. The predicted octanol–water partition coefficient (Wildman–Crippen LogP) is 1.43. The summed E-state index contributed by atoms with van der Waals surface area (Å²) in [4.78, 5) is 15.7. The quantitative estimate of drug-likeness (QED) is 0.903. The van der Waals surface area contributed by atoms with Crippen molar-refractivity contribution in [1.29, 1.82) is 0 Å². The summed E-state index contributed by atoms with van der Waals surface area (Å²) in [6, 6.07) is 0.571. The van der Waals surface area contributed by atoms with Crippen LogP contribution in [0, 0.1) is 0 Å². The lowest BCUT2D eigenvalue weighted by molar-refractivity contribution is 0.193. The predicted molar refractivity (Wildman–Crippen MR) is 75.9 cm³/mol. The second kappa shape index (κ2) is 6.58. The van der Waals surface area contributed by atoms with E-state index in [1.54, 1.807) is 0 Å². The zero-order valence-electron chi connectivity index (χ0n) is 12.4. The summed E-state index contributed by atoms with van der Waals surface area (Å²) >= 11 is 0. The van der Waals surface area contributed by atoms with Crippen LogP contribution in [0.2, 0.25) is 0 Å². The number of nitrogens with one attached hydrogen (secondary N) is 1. The Bertz CT molecular complexity index is 438. The van der Waals surface area contributed by atoms with Gasteiger partial charge in [0.15, 0.2) is 0 Å². The van der Waals surface area contributed by atoms with Gasteiger partial charge in [0.05, 0.1) is 0 Å². The number of amides is 2. The largest absolute Gasteiger partial charge is 0.408 e. The molecule has 0 atom stereocenters. The molecular formula is C13H23N5O2. The molecule has 2 heterocycles. The molecule has 1 aromatic rings. The maximum atomic E-state index is 11.8. The molecule has 0 aliphatic carbocycles. The summed E-state index contributed by atoms with van der Waals surface area (Å²) in [6.45, 7) is 9.60. The monoisotopic (exact) mass is 281 g/mol. The molecule has 1 aliphatic heterocycles. The summed E-state index contributed by atoms with van der Waals surface area (Å²) in [7, 11) is 0. The highest BCUT2D eigenvalue weighted by atomic mass is 16.4. The highest BCUT2D eigenvalue weighted by molar-refractivity contribution is 5.74. The first-order valence-electron chi connectivity index (χ1n) is 7.23. The molecule has 1 saturated heterocycles.